The largest absolute Gasteiger partial charge is 0.350 e. The minimum absolute atomic E-state index is 0.0297. The van der Waals surface area contributed by atoms with Crippen LogP contribution in [0.25, 0.3) is 0 Å². The van der Waals surface area contributed by atoms with Crippen LogP contribution in [0, 0.1) is 6.92 Å². The van der Waals surface area contributed by atoms with Crippen molar-refractivity contribution in [3.8, 4) is 0 Å². The van der Waals surface area contributed by atoms with Crippen LogP contribution >= 0.6 is 0 Å². The van der Waals surface area contributed by atoms with Crippen molar-refractivity contribution < 1.29 is 22.8 Å². The highest BCUT2D eigenvalue weighted by Gasteiger charge is 2.43. The van der Waals surface area contributed by atoms with E-state index in [4.69, 9.17) is 0 Å². The number of fused-ring (bicyclic) bond motifs is 1. The van der Waals surface area contributed by atoms with Crippen molar-refractivity contribution in [1.29, 1.82) is 0 Å². The molecule has 9 heteroatoms. The van der Waals surface area contributed by atoms with E-state index in [0.717, 1.165) is 16.7 Å². The molecule has 0 aliphatic carbocycles. The van der Waals surface area contributed by atoms with Gasteiger partial charge >= 0.3 is 0 Å². The van der Waals surface area contributed by atoms with E-state index in [0.29, 0.717) is 4.31 Å². The first kappa shape index (κ1) is 28.0. The molecule has 8 nitrogen and oxygen atoms in total. The van der Waals surface area contributed by atoms with Crippen LogP contribution in [-0.4, -0.2) is 53.5 Å². The summed E-state index contributed by atoms with van der Waals surface area (Å²) in [6.45, 7) is 6.82. The van der Waals surface area contributed by atoms with E-state index in [1.165, 1.54) is 23.1 Å². The molecule has 1 heterocycles. The summed E-state index contributed by atoms with van der Waals surface area (Å²) in [5, 5.41) is 2.98. The number of sulfonamides is 1. The molecular formula is C30H33N3O5S. The van der Waals surface area contributed by atoms with Gasteiger partial charge in [0.1, 0.15) is 17.5 Å². The minimum Gasteiger partial charge on any atom is -0.350 e. The van der Waals surface area contributed by atoms with Crippen LogP contribution in [0.3, 0.4) is 0 Å². The summed E-state index contributed by atoms with van der Waals surface area (Å²) in [6.07, 6.45) is 0.210. The van der Waals surface area contributed by atoms with Crippen molar-refractivity contribution in [3.63, 3.8) is 0 Å². The van der Waals surface area contributed by atoms with Gasteiger partial charge in [-0.25, -0.2) is 12.7 Å². The molecule has 3 aromatic rings. The molecule has 39 heavy (non-hydrogen) atoms. The van der Waals surface area contributed by atoms with Crippen molar-refractivity contribution in [2.45, 2.75) is 57.1 Å². The summed E-state index contributed by atoms with van der Waals surface area (Å²) in [5.41, 5.74) is 2.03. The molecule has 4 rings (SSSR count). The van der Waals surface area contributed by atoms with Gasteiger partial charge in [-0.05, 0) is 56.5 Å². The molecule has 0 spiro atoms. The maximum atomic E-state index is 14.0. The van der Waals surface area contributed by atoms with Gasteiger partial charge < -0.3 is 10.2 Å². The number of hydrogen-bond acceptors (Lipinski definition) is 5. The molecule has 1 aliphatic rings. The Morgan fingerprint density at radius 3 is 2.18 bits per heavy atom. The average Bonchev–Trinajstić information content (AvgIpc) is 3.07. The monoisotopic (exact) mass is 547 g/mol. The lowest BCUT2D eigenvalue weighted by Gasteiger charge is -2.34. The van der Waals surface area contributed by atoms with E-state index < -0.39 is 40.0 Å². The predicted molar refractivity (Wildman–Crippen MR) is 148 cm³/mol. The molecule has 1 atom stereocenters. The third kappa shape index (κ3) is 6.20. The molecule has 0 saturated heterocycles. The Kier molecular flexibility index (Phi) is 7.92. The summed E-state index contributed by atoms with van der Waals surface area (Å²) in [5.74, 6) is -1.77. The molecule has 0 unspecified atom stereocenters. The Morgan fingerprint density at radius 2 is 1.54 bits per heavy atom. The molecule has 0 bridgehead atoms. The molecule has 0 fully saturated rings. The van der Waals surface area contributed by atoms with Gasteiger partial charge in [0.2, 0.25) is 11.8 Å². The van der Waals surface area contributed by atoms with E-state index in [9.17, 15) is 22.8 Å². The topological polar surface area (TPSA) is 104 Å². The van der Waals surface area contributed by atoms with Crippen LogP contribution < -0.4 is 5.32 Å². The molecular weight excluding hydrogens is 514 g/mol. The van der Waals surface area contributed by atoms with Gasteiger partial charge in [-0.3, -0.25) is 14.4 Å². The number of benzene rings is 3. The Bertz CT molecular complexity index is 1500. The lowest BCUT2D eigenvalue weighted by molar-refractivity contribution is -0.141. The number of nitrogens with one attached hydrogen (secondary N) is 1. The van der Waals surface area contributed by atoms with Gasteiger partial charge in [0.25, 0.3) is 15.9 Å². The number of rotatable bonds is 8. The van der Waals surface area contributed by atoms with E-state index in [2.05, 4.69) is 5.32 Å². The second-order valence-electron chi connectivity index (χ2n) is 10.7. The zero-order chi connectivity index (χ0) is 28.4. The van der Waals surface area contributed by atoms with Crippen LogP contribution in [0.15, 0.2) is 83.8 Å². The zero-order valence-electron chi connectivity index (χ0n) is 22.5. The summed E-state index contributed by atoms with van der Waals surface area (Å²) in [4.78, 5) is 42.0. The van der Waals surface area contributed by atoms with Crippen molar-refractivity contribution >= 4 is 27.7 Å². The SMILES string of the molecule is Cc1ccccc1CN(C(=O)CN1C(=O)c2ccccc2S1(=O)=O)[C@H](Cc1ccccc1)C(=O)NC(C)(C)C. The molecule has 0 aromatic heterocycles. The lowest BCUT2D eigenvalue weighted by atomic mass is 10.00. The van der Waals surface area contributed by atoms with Crippen LogP contribution in [0.2, 0.25) is 0 Å². The minimum atomic E-state index is -4.20. The number of aryl methyl sites for hydroxylation is 1. The van der Waals surface area contributed by atoms with Crippen molar-refractivity contribution in [2.75, 3.05) is 6.54 Å². The van der Waals surface area contributed by atoms with E-state index in [1.54, 1.807) is 6.07 Å². The average molecular weight is 548 g/mol. The van der Waals surface area contributed by atoms with E-state index >= 15 is 0 Å². The predicted octanol–water partition coefficient (Wildman–Crippen LogP) is 3.69. The standard InChI is InChI=1S/C30H33N3O5S/c1-21-12-8-9-15-23(21)19-32(25(28(35)31-30(2,3)4)18-22-13-6-5-7-14-22)27(34)20-33-29(36)24-16-10-11-17-26(24)39(33,37)38/h5-17,25H,18-20H2,1-4H3,(H,31,35)/t25-/m1/s1. The fraction of sp³-hybridized carbons (Fsp3) is 0.300. The summed E-state index contributed by atoms with van der Waals surface area (Å²) in [6, 6.07) is 21.8. The first-order valence-corrected chi connectivity index (χ1v) is 14.2. The summed E-state index contributed by atoms with van der Waals surface area (Å²) >= 11 is 0. The van der Waals surface area contributed by atoms with Crippen LogP contribution in [0.1, 0.15) is 47.8 Å². The van der Waals surface area contributed by atoms with Gasteiger partial charge in [0.15, 0.2) is 0 Å². The smallest absolute Gasteiger partial charge is 0.269 e. The normalized spacial score (nSPS) is 15.0. The fourth-order valence-electron chi connectivity index (χ4n) is 4.58. The molecule has 0 saturated carbocycles. The Labute approximate surface area is 229 Å². The van der Waals surface area contributed by atoms with Crippen LogP contribution in [-0.2, 0) is 32.6 Å². The Hall–Kier alpha value is -3.98. The third-order valence-electron chi connectivity index (χ3n) is 6.56. The first-order valence-electron chi connectivity index (χ1n) is 12.7. The number of hydrogen-bond donors (Lipinski definition) is 1. The highest BCUT2D eigenvalue weighted by molar-refractivity contribution is 7.90. The Morgan fingerprint density at radius 1 is 0.923 bits per heavy atom. The molecule has 1 N–H and O–H groups in total. The highest BCUT2D eigenvalue weighted by Crippen LogP contribution is 2.30. The Balaban J connectivity index is 1.74. The first-order chi connectivity index (χ1) is 18.4. The summed E-state index contributed by atoms with van der Waals surface area (Å²) in [7, 11) is -4.20. The van der Waals surface area contributed by atoms with Gasteiger partial charge in [-0.15, -0.1) is 0 Å². The maximum Gasteiger partial charge on any atom is 0.269 e. The number of nitrogens with zero attached hydrogens (tertiary/aromatic N) is 2. The maximum absolute atomic E-state index is 14.0. The fourth-order valence-corrected chi connectivity index (χ4v) is 6.10. The van der Waals surface area contributed by atoms with Crippen LogP contribution in [0.4, 0.5) is 0 Å². The number of carbonyl (C=O) groups is 3. The molecule has 1 aliphatic heterocycles. The number of amides is 3. The van der Waals surface area contributed by atoms with Crippen molar-refractivity contribution in [1.82, 2.24) is 14.5 Å². The van der Waals surface area contributed by atoms with Gasteiger partial charge in [0.05, 0.1) is 5.56 Å². The second kappa shape index (κ2) is 11.0. The zero-order valence-corrected chi connectivity index (χ0v) is 23.4. The quantitative estimate of drug-likeness (QED) is 0.463. The summed E-state index contributed by atoms with van der Waals surface area (Å²) < 4.78 is 27.0. The lowest BCUT2D eigenvalue weighted by Crippen LogP contribution is -2.56. The van der Waals surface area contributed by atoms with Gasteiger partial charge in [-0.1, -0.05) is 66.7 Å². The van der Waals surface area contributed by atoms with Gasteiger partial charge in [0, 0.05) is 18.5 Å². The molecule has 3 amide bonds. The van der Waals surface area contributed by atoms with Crippen LogP contribution in [0.5, 0.6) is 0 Å². The molecule has 3 aromatic carbocycles. The van der Waals surface area contributed by atoms with Crippen molar-refractivity contribution in [2.24, 2.45) is 0 Å². The van der Waals surface area contributed by atoms with Crippen molar-refractivity contribution in [3.05, 3.63) is 101 Å². The molecule has 0 radical (unpaired) electrons. The van der Waals surface area contributed by atoms with E-state index in [1.807, 2.05) is 82.3 Å². The van der Waals surface area contributed by atoms with E-state index in [-0.39, 0.29) is 29.3 Å². The third-order valence-corrected chi connectivity index (χ3v) is 8.35. The second-order valence-corrected chi connectivity index (χ2v) is 12.5. The van der Waals surface area contributed by atoms with Gasteiger partial charge in [-0.2, -0.15) is 0 Å². The molecule has 204 valence electrons. The highest BCUT2D eigenvalue weighted by atomic mass is 32.2. The number of carbonyl (C=O) groups excluding carboxylic acids is 3.